The van der Waals surface area contributed by atoms with Crippen LogP contribution in [0.15, 0.2) is 0 Å². The zero-order chi connectivity index (χ0) is 13.6. The van der Waals surface area contributed by atoms with Gasteiger partial charge in [0, 0.05) is 18.1 Å². The lowest BCUT2D eigenvalue weighted by Gasteiger charge is -2.37. The largest absolute Gasteiger partial charge is 0.311 e. The summed E-state index contributed by atoms with van der Waals surface area (Å²) in [6.45, 7) is 15.2. The predicted octanol–water partition coefficient (Wildman–Crippen LogP) is 3.67. The quantitative estimate of drug-likeness (QED) is 0.823. The molecule has 0 amide bonds. The van der Waals surface area contributed by atoms with E-state index in [0.29, 0.717) is 6.04 Å². The number of nitrogens with one attached hydrogen (secondary N) is 1. The number of hydrogen-bond acceptors (Lipinski definition) is 2. The Morgan fingerprint density at radius 1 is 0.944 bits per heavy atom. The second-order valence-corrected chi connectivity index (χ2v) is 7.25. The first-order valence-electron chi connectivity index (χ1n) is 7.89. The highest BCUT2D eigenvalue weighted by Gasteiger charge is 2.23. The Morgan fingerprint density at radius 3 is 1.89 bits per heavy atom. The van der Waals surface area contributed by atoms with Gasteiger partial charge in [-0.05, 0) is 52.6 Å². The molecule has 1 N–H and O–H groups in total. The minimum absolute atomic E-state index is 0.232. The smallest absolute Gasteiger partial charge is 0.0243 e. The summed E-state index contributed by atoms with van der Waals surface area (Å²) in [5.74, 6) is 0.735. The van der Waals surface area contributed by atoms with Crippen LogP contribution in [0.1, 0.15) is 66.7 Å². The van der Waals surface area contributed by atoms with Gasteiger partial charge < -0.3 is 5.32 Å². The van der Waals surface area contributed by atoms with Crippen LogP contribution in [0.4, 0.5) is 0 Å². The van der Waals surface area contributed by atoms with Gasteiger partial charge in [0.25, 0.3) is 0 Å². The fourth-order valence-corrected chi connectivity index (χ4v) is 2.80. The van der Waals surface area contributed by atoms with Gasteiger partial charge >= 0.3 is 0 Å². The van der Waals surface area contributed by atoms with E-state index < -0.39 is 0 Å². The molecule has 0 aromatic rings. The maximum atomic E-state index is 3.69. The molecule has 1 heterocycles. The first-order chi connectivity index (χ1) is 8.40. The van der Waals surface area contributed by atoms with Crippen molar-refractivity contribution in [2.75, 3.05) is 19.6 Å². The molecule has 0 saturated carbocycles. The van der Waals surface area contributed by atoms with Crippen molar-refractivity contribution < 1.29 is 0 Å². The lowest BCUT2D eigenvalue weighted by atomic mass is 9.98. The molecule has 0 radical (unpaired) electrons. The molecule has 0 spiro atoms. The van der Waals surface area contributed by atoms with Crippen molar-refractivity contribution in [3.8, 4) is 0 Å². The Hall–Kier alpha value is -0.0800. The Morgan fingerprint density at radius 2 is 1.44 bits per heavy atom. The van der Waals surface area contributed by atoms with Crippen LogP contribution in [-0.4, -0.2) is 36.1 Å². The summed E-state index contributed by atoms with van der Waals surface area (Å²) in [4.78, 5) is 2.74. The number of likely N-dealkylation sites (tertiary alicyclic amines) is 1. The average molecular weight is 254 g/mol. The van der Waals surface area contributed by atoms with Crippen molar-refractivity contribution >= 4 is 0 Å². The molecular formula is C16H34N2. The molecule has 0 bridgehead atoms. The molecule has 1 fully saturated rings. The van der Waals surface area contributed by atoms with Crippen molar-refractivity contribution in [2.45, 2.75) is 78.3 Å². The van der Waals surface area contributed by atoms with E-state index >= 15 is 0 Å². The molecule has 1 aliphatic heterocycles. The van der Waals surface area contributed by atoms with Crippen molar-refractivity contribution in [1.82, 2.24) is 10.2 Å². The van der Waals surface area contributed by atoms with Gasteiger partial charge in [0.1, 0.15) is 0 Å². The highest BCUT2D eigenvalue weighted by molar-refractivity contribution is 4.82. The van der Waals surface area contributed by atoms with Gasteiger partial charge in [-0.3, -0.25) is 4.90 Å². The highest BCUT2D eigenvalue weighted by atomic mass is 15.2. The molecule has 2 heteroatoms. The molecule has 2 nitrogen and oxygen atoms in total. The van der Waals surface area contributed by atoms with E-state index in [0.717, 1.165) is 12.5 Å². The van der Waals surface area contributed by atoms with Crippen LogP contribution in [0.25, 0.3) is 0 Å². The Bertz CT molecular complexity index is 210. The van der Waals surface area contributed by atoms with Crippen LogP contribution in [0, 0.1) is 5.92 Å². The fraction of sp³-hybridized carbons (Fsp3) is 1.00. The number of nitrogens with zero attached hydrogens (tertiary/aromatic N) is 1. The van der Waals surface area contributed by atoms with Crippen molar-refractivity contribution in [1.29, 1.82) is 0 Å². The number of hydrogen-bond donors (Lipinski definition) is 1. The van der Waals surface area contributed by atoms with Gasteiger partial charge in [-0.2, -0.15) is 0 Å². The summed E-state index contributed by atoms with van der Waals surface area (Å²) in [5, 5.41) is 3.69. The van der Waals surface area contributed by atoms with Gasteiger partial charge in [-0.1, -0.05) is 33.1 Å². The van der Waals surface area contributed by atoms with Crippen LogP contribution in [-0.2, 0) is 0 Å². The lowest BCUT2D eigenvalue weighted by molar-refractivity contribution is 0.132. The molecule has 1 atom stereocenters. The van der Waals surface area contributed by atoms with Crippen LogP contribution < -0.4 is 5.32 Å². The van der Waals surface area contributed by atoms with Crippen molar-refractivity contribution in [3.63, 3.8) is 0 Å². The summed E-state index contributed by atoms with van der Waals surface area (Å²) in [7, 11) is 0. The average Bonchev–Trinajstić information content (AvgIpc) is 2.18. The Balaban J connectivity index is 2.52. The maximum Gasteiger partial charge on any atom is 0.0243 e. The Labute approximate surface area is 115 Å². The third-order valence-corrected chi connectivity index (χ3v) is 3.97. The molecule has 1 saturated heterocycles. The lowest BCUT2D eigenvalue weighted by Crippen LogP contribution is -2.50. The highest BCUT2D eigenvalue weighted by Crippen LogP contribution is 2.17. The fourth-order valence-electron chi connectivity index (χ4n) is 2.80. The van der Waals surface area contributed by atoms with E-state index in [2.05, 4.69) is 44.8 Å². The summed E-state index contributed by atoms with van der Waals surface area (Å²) in [6, 6.07) is 0.697. The molecule has 1 aliphatic rings. The second-order valence-electron chi connectivity index (χ2n) is 7.25. The van der Waals surface area contributed by atoms with Gasteiger partial charge in [0.05, 0.1) is 0 Å². The molecule has 0 aliphatic carbocycles. The first-order valence-corrected chi connectivity index (χ1v) is 7.89. The third-order valence-electron chi connectivity index (χ3n) is 3.97. The summed E-state index contributed by atoms with van der Waals surface area (Å²) in [6.07, 6.45) is 7.07. The van der Waals surface area contributed by atoms with Gasteiger partial charge in [0.2, 0.25) is 0 Å². The molecule has 108 valence electrons. The van der Waals surface area contributed by atoms with Crippen molar-refractivity contribution in [2.24, 2.45) is 5.92 Å². The van der Waals surface area contributed by atoms with E-state index in [1.165, 1.54) is 45.2 Å². The van der Waals surface area contributed by atoms with E-state index in [1.54, 1.807) is 0 Å². The topological polar surface area (TPSA) is 15.3 Å². The maximum absolute atomic E-state index is 3.69. The molecule has 1 unspecified atom stereocenters. The zero-order valence-electron chi connectivity index (χ0n) is 13.3. The molecule has 1 rings (SSSR count). The Kier molecular flexibility index (Phi) is 6.65. The van der Waals surface area contributed by atoms with Gasteiger partial charge in [0.15, 0.2) is 0 Å². The molecule has 0 aromatic carbocycles. The van der Waals surface area contributed by atoms with E-state index in [-0.39, 0.29) is 5.54 Å². The van der Waals surface area contributed by atoms with Crippen LogP contribution in [0.5, 0.6) is 0 Å². The van der Waals surface area contributed by atoms with E-state index in [4.69, 9.17) is 0 Å². The number of rotatable bonds is 4. The van der Waals surface area contributed by atoms with Crippen LogP contribution in [0.3, 0.4) is 0 Å². The molecular weight excluding hydrogens is 220 g/mol. The minimum atomic E-state index is 0.232. The predicted molar refractivity (Wildman–Crippen MR) is 81.0 cm³/mol. The summed E-state index contributed by atoms with van der Waals surface area (Å²) in [5.41, 5.74) is 0.232. The third kappa shape index (κ3) is 6.19. The van der Waals surface area contributed by atoms with Crippen LogP contribution >= 0.6 is 0 Å². The van der Waals surface area contributed by atoms with Gasteiger partial charge in [-0.25, -0.2) is 0 Å². The second kappa shape index (κ2) is 7.49. The summed E-state index contributed by atoms with van der Waals surface area (Å²) < 4.78 is 0. The standard InChI is InChI=1S/C16H34N2/c1-14(2)15(13-17-16(3,4)5)18-11-9-7-6-8-10-12-18/h14-15,17H,6-13H2,1-5H3. The van der Waals surface area contributed by atoms with E-state index in [1.807, 2.05) is 0 Å². The molecule has 0 aromatic heterocycles. The van der Waals surface area contributed by atoms with E-state index in [9.17, 15) is 0 Å². The monoisotopic (exact) mass is 254 g/mol. The van der Waals surface area contributed by atoms with Crippen LogP contribution in [0.2, 0.25) is 0 Å². The summed E-state index contributed by atoms with van der Waals surface area (Å²) >= 11 is 0. The zero-order valence-corrected chi connectivity index (χ0v) is 13.3. The first kappa shape index (κ1) is 16.0. The molecule has 18 heavy (non-hydrogen) atoms. The SMILES string of the molecule is CC(C)C(CNC(C)(C)C)N1CCCCCCC1. The van der Waals surface area contributed by atoms with Gasteiger partial charge in [-0.15, -0.1) is 0 Å². The normalized spacial score (nSPS) is 21.7. The van der Waals surface area contributed by atoms with Crippen molar-refractivity contribution in [3.05, 3.63) is 0 Å². The minimum Gasteiger partial charge on any atom is -0.311 e.